The Morgan fingerprint density at radius 3 is 2.33 bits per heavy atom. The number of allylic oxidation sites excluding steroid dienone is 3. The van der Waals surface area contributed by atoms with E-state index in [1.54, 1.807) is 0 Å². The predicted molar refractivity (Wildman–Crippen MR) is 69.8 cm³/mol. The van der Waals surface area contributed by atoms with Crippen LogP contribution in [0, 0.1) is 5.92 Å². The molecule has 0 spiro atoms. The molecule has 0 aliphatic rings. The van der Waals surface area contributed by atoms with E-state index >= 15 is 0 Å². The molecule has 0 bridgehead atoms. The summed E-state index contributed by atoms with van der Waals surface area (Å²) in [5.74, 6) is 0.541. The lowest BCUT2D eigenvalue weighted by Gasteiger charge is -2.14. The Kier molecular flexibility index (Phi) is 6.85. The van der Waals surface area contributed by atoms with Crippen LogP contribution in [0.3, 0.4) is 0 Å². The normalized spacial score (nSPS) is 11.7. The van der Waals surface area contributed by atoms with Crippen molar-refractivity contribution in [3.63, 3.8) is 0 Å². The molecule has 86 valence electrons. The molecule has 1 N–H and O–H groups in total. The molecule has 0 aromatic carbocycles. The molecule has 0 radical (unpaired) electrons. The highest BCUT2D eigenvalue weighted by atomic mass is 14.8. The lowest BCUT2D eigenvalue weighted by atomic mass is 9.95. The Hall–Kier alpha value is -0.980. The summed E-state index contributed by atoms with van der Waals surface area (Å²) in [5, 5.41) is 3.11. The summed E-state index contributed by atoms with van der Waals surface area (Å²) in [6.07, 6.45) is 5.50. The Bertz CT molecular complexity index is 246. The first-order chi connectivity index (χ1) is 7.02. The summed E-state index contributed by atoms with van der Waals surface area (Å²) >= 11 is 0. The van der Waals surface area contributed by atoms with Gasteiger partial charge in [-0.3, -0.25) is 0 Å². The van der Waals surface area contributed by atoms with Crippen LogP contribution in [0.1, 0.15) is 40.0 Å². The van der Waals surface area contributed by atoms with Gasteiger partial charge in [-0.05, 0) is 24.3 Å². The fourth-order valence-electron chi connectivity index (χ4n) is 1.23. The summed E-state index contributed by atoms with van der Waals surface area (Å²) in [6.45, 7) is 14.7. The standard InChI is InChI=1S/C14H25N/c1-7-8-9-14(13(5)15-6)10-12(4)11(2)3/h9,11,15H,4-5,7-8,10H2,1-3,6H3/b14-9-. The lowest BCUT2D eigenvalue weighted by Crippen LogP contribution is -2.08. The van der Waals surface area contributed by atoms with Gasteiger partial charge in [-0.25, -0.2) is 0 Å². The molecule has 0 unspecified atom stereocenters. The zero-order chi connectivity index (χ0) is 11.8. The van der Waals surface area contributed by atoms with Crippen molar-refractivity contribution >= 4 is 0 Å². The molecule has 0 aliphatic carbocycles. The number of nitrogens with one attached hydrogen (secondary N) is 1. The van der Waals surface area contributed by atoms with E-state index in [0.29, 0.717) is 5.92 Å². The van der Waals surface area contributed by atoms with Gasteiger partial charge in [0, 0.05) is 12.7 Å². The van der Waals surface area contributed by atoms with E-state index in [9.17, 15) is 0 Å². The van der Waals surface area contributed by atoms with Gasteiger partial charge in [-0.15, -0.1) is 0 Å². The second-order valence-corrected chi connectivity index (χ2v) is 4.24. The zero-order valence-electron chi connectivity index (χ0n) is 10.7. The van der Waals surface area contributed by atoms with Crippen molar-refractivity contribution in [3.05, 3.63) is 36.1 Å². The maximum Gasteiger partial charge on any atom is 0.0297 e. The molecule has 0 heterocycles. The molecular formula is C14H25N. The number of rotatable bonds is 7. The van der Waals surface area contributed by atoms with Crippen LogP contribution < -0.4 is 5.32 Å². The van der Waals surface area contributed by atoms with Crippen molar-refractivity contribution in [2.24, 2.45) is 5.92 Å². The number of likely N-dealkylation sites (N-methyl/N-ethyl adjacent to an activating group) is 1. The number of hydrogen-bond acceptors (Lipinski definition) is 1. The molecule has 0 amide bonds. The first kappa shape index (κ1) is 14.0. The van der Waals surface area contributed by atoms with Gasteiger partial charge in [0.25, 0.3) is 0 Å². The van der Waals surface area contributed by atoms with Crippen LogP contribution in [0.15, 0.2) is 36.1 Å². The van der Waals surface area contributed by atoms with E-state index < -0.39 is 0 Å². The second-order valence-electron chi connectivity index (χ2n) is 4.24. The summed E-state index contributed by atoms with van der Waals surface area (Å²) in [4.78, 5) is 0. The maximum atomic E-state index is 4.11. The van der Waals surface area contributed by atoms with E-state index in [0.717, 1.165) is 18.5 Å². The van der Waals surface area contributed by atoms with Gasteiger partial charge in [-0.2, -0.15) is 0 Å². The van der Waals surface area contributed by atoms with Crippen LogP contribution in [-0.4, -0.2) is 7.05 Å². The molecule has 15 heavy (non-hydrogen) atoms. The molecule has 0 aliphatic heterocycles. The summed E-state index contributed by atoms with van der Waals surface area (Å²) in [7, 11) is 1.92. The van der Waals surface area contributed by atoms with Crippen LogP contribution in [-0.2, 0) is 0 Å². The molecule has 0 saturated carbocycles. The molecule has 1 heteroatoms. The summed E-state index contributed by atoms with van der Waals surface area (Å²) in [6, 6.07) is 0. The quantitative estimate of drug-likeness (QED) is 0.490. The predicted octanol–water partition coefficient (Wildman–Crippen LogP) is 4.05. The topological polar surface area (TPSA) is 12.0 Å². The lowest BCUT2D eigenvalue weighted by molar-refractivity contribution is 0.738. The molecule has 0 saturated heterocycles. The van der Waals surface area contributed by atoms with Crippen molar-refractivity contribution < 1.29 is 0 Å². The van der Waals surface area contributed by atoms with E-state index in [1.807, 2.05) is 7.05 Å². The molecule has 1 nitrogen and oxygen atoms in total. The monoisotopic (exact) mass is 207 g/mol. The molecule has 0 atom stereocenters. The fraction of sp³-hybridized carbons (Fsp3) is 0.571. The summed E-state index contributed by atoms with van der Waals surface area (Å²) < 4.78 is 0. The van der Waals surface area contributed by atoms with E-state index in [2.05, 4.69) is 45.3 Å². The van der Waals surface area contributed by atoms with E-state index in [1.165, 1.54) is 17.6 Å². The molecule has 0 aromatic rings. The minimum atomic E-state index is 0.541. The van der Waals surface area contributed by atoms with Crippen LogP contribution >= 0.6 is 0 Å². The van der Waals surface area contributed by atoms with Crippen molar-refractivity contribution in [3.8, 4) is 0 Å². The minimum Gasteiger partial charge on any atom is -0.388 e. The Balaban J connectivity index is 4.51. The molecule has 0 fully saturated rings. The number of unbranched alkanes of at least 4 members (excludes halogenated alkanes) is 1. The number of hydrogen-bond donors (Lipinski definition) is 1. The molecule has 0 rings (SSSR count). The highest BCUT2D eigenvalue weighted by molar-refractivity contribution is 5.31. The first-order valence-corrected chi connectivity index (χ1v) is 5.76. The second kappa shape index (κ2) is 7.33. The van der Waals surface area contributed by atoms with Gasteiger partial charge < -0.3 is 5.32 Å². The Labute approximate surface area is 95.0 Å². The third-order valence-corrected chi connectivity index (χ3v) is 2.60. The third-order valence-electron chi connectivity index (χ3n) is 2.60. The van der Waals surface area contributed by atoms with Gasteiger partial charge >= 0.3 is 0 Å². The van der Waals surface area contributed by atoms with Crippen molar-refractivity contribution in [2.75, 3.05) is 7.05 Å². The van der Waals surface area contributed by atoms with Crippen LogP contribution in [0.4, 0.5) is 0 Å². The first-order valence-electron chi connectivity index (χ1n) is 5.76. The van der Waals surface area contributed by atoms with Crippen molar-refractivity contribution in [2.45, 2.75) is 40.0 Å². The van der Waals surface area contributed by atoms with Gasteiger partial charge in [0.1, 0.15) is 0 Å². The van der Waals surface area contributed by atoms with E-state index in [4.69, 9.17) is 0 Å². The fourth-order valence-corrected chi connectivity index (χ4v) is 1.23. The molecule has 0 aromatic heterocycles. The Morgan fingerprint density at radius 1 is 1.33 bits per heavy atom. The highest BCUT2D eigenvalue weighted by Crippen LogP contribution is 2.21. The van der Waals surface area contributed by atoms with Crippen LogP contribution in [0.2, 0.25) is 0 Å². The average molecular weight is 207 g/mol. The zero-order valence-corrected chi connectivity index (χ0v) is 10.7. The van der Waals surface area contributed by atoms with E-state index in [-0.39, 0.29) is 0 Å². The third kappa shape index (κ3) is 5.46. The van der Waals surface area contributed by atoms with Gasteiger partial charge in [0.2, 0.25) is 0 Å². The van der Waals surface area contributed by atoms with Crippen molar-refractivity contribution in [1.29, 1.82) is 0 Å². The minimum absolute atomic E-state index is 0.541. The van der Waals surface area contributed by atoms with Gasteiger partial charge in [0.15, 0.2) is 0 Å². The van der Waals surface area contributed by atoms with Crippen molar-refractivity contribution in [1.82, 2.24) is 5.32 Å². The van der Waals surface area contributed by atoms with Crippen LogP contribution in [0.5, 0.6) is 0 Å². The SMILES string of the molecule is C=C(NC)/C(=C\CCC)CC(=C)C(C)C. The highest BCUT2D eigenvalue weighted by Gasteiger charge is 2.06. The van der Waals surface area contributed by atoms with Gasteiger partial charge in [-0.1, -0.05) is 52.0 Å². The van der Waals surface area contributed by atoms with Crippen LogP contribution in [0.25, 0.3) is 0 Å². The maximum absolute atomic E-state index is 4.11. The summed E-state index contributed by atoms with van der Waals surface area (Å²) in [5.41, 5.74) is 3.58. The smallest absolute Gasteiger partial charge is 0.0297 e. The van der Waals surface area contributed by atoms with Gasteiger partial charge in [0.05, 0.1) is 0 Å². The largest absolute Gasteiger partial charge is 0.388 e. The Morgan fingerprint density at radius 2 is 1.93 bits per heavy atom. The molecular weight excluding hydrogens is 182 g/mol. The average Bonchev–Trinajstić information content (AvgIpc) is 2.22.